The monoisotopic (exact) mass is 253 g/mol. The fourth-order valence-electron chi connectivity index (χ4n) is 2.07. The average Bonchev–Trinajstić information content (AvgIpc) is 2.75. The highest BCUT2D eigenvalue weighted by atomic mass is 32.1. The molecule has 1 aromatic heterocycles. The van der Waals surface area contributed by atoms with Crippen molar-refractivity contribution in [3.05, 3.63) is 22.4 Å². The van der Waals surface area contributed by atoms with Crippen molar-refractivity contribution < 1.29 is 0 Å². The maximum absolute atomic E-state index is 7.47. The maximum Gasteiger partial charge on any atom is 0.0921 e. The first-order valence-electron chi connectivity index (χ1n) is 6.15. The minimum Gasteiger partial charge on any atom is -0.388 e. The zero-order valence-electron chi connectivity index (χ0n) is 10.9. The van der Waals surface area contributed by atoms with Crippen LogP contribution < -0.4 is 5.73 Å². The van der Waals surface area contributed by atoms with Gasteiger partial charge in [-0.2, -0.15) is 0 Å². The van der Waals surface area contributed by atoms with Crippen LogP contribution in [0.25, 0.3) is 0 Å². The van der Waals surface area contributed by atoms with E-state index in [2.05, 4.69) is 43.2 Å². The first kappa shape index (κ1) is 14.2. The molecule has 96 valence electrons. The highest BCUT2D eigenvalue weighted by Gasteiger charge is 2.20. The lowest BCUT2D eigenvalue weighted by atomic mass is 10.1. The molecule has 0 aliphatic rings. The number of nitrogens with one attached hydrogen (secondary N) is 1. The summed E-state index contributed by atoms with van der Waals surface area (Å²) < 4.78 is 0. The quantitative estimate of drug-likeness (QED) is 0.579. The molecule has 0 radical (unpaired) electrons. The largest absolute Gasteiger partial charge is 0.388 e. The molecule has 0 amide bonds. The van der Waals surface area contributed by atoms with Crippen LogP contribution in [0.2, 0.25) is 0 Å². The predicted octanol–water partition coefficient (Wildman–Crippen LogP) is 3.06. The van der Waals surface area contributed by atoms with E-state index in [0.29, 0.717) is 18.5 Å². The molecule has 3 N–H and O–H groups in total. The molecule has 1 unspecified atom stereocenters. The topological polar surface area (TPSA) is 53.1 Å². The smallest absolute Gasteiger partial charge is 0.0921 e. The molecule has 0 saturated carbocycles. The van der Waals surface area contributed by atoms with Crippen molar-refractivity contribution in [2.24, 2.45) is 5.73 Å². The summed E-state index contributed by atoms with van der Waals surface area (Å²) in [5, 5.41) is 9.58. The second-order valence-electron chi connectivity index (χ2n) is 4.64. The first-order chi connectivity index (χ1) is 8.04. The van der Waals surface area contributed by atoms with Crippen LogP contribution in [-0.2, 0) is 6.54 Å². The van der Waals surface area contributed by atoms with Crippen LogP contribution in [0.5, 0.6) is 0 Å². The normalized spacial score (nSPS) is 13.2. The van der Waals surface area contributed by atoms with Gasteiger partial charge in [0.05, 0.1) is 5.84 Å². The number of rotatable bonds is 7. The minimum atomic E-state index is 0.286. The van der Waals surface area contributed by atoms with Gasteiger partial charge >= 0.3 is 0 Å². The third kappa shape index (κ3) is 4.48. The lowest BCUT2D eigenvalue weighted by Crippen LogP contribution is -2.41. The predicted molar refractivity (Wildman–Crippen MR) is 75.6 cm³/mol. The number of nitrogens with two attached hydrogens (primary N) is 1. The van der Waals surface area contributed by atoms with E-state index < -0.39 is 0 Å². The highest BCUT2D eigenvalue weighted by Crippen LogP contribution is 2.19. The number of hydrogen-bond donors (Lipinski definition) is 2. The van der Waals surface area contributed by atoms with E-state index in [9.17, 15) is 0 Å². The standard InChI is InChI=1S/C13H23N3S/c1-4-11(8-13(14)15)16(10(2)3)9-12-6-5-7-17-12/h5-7,10-11H,4,8-9H2,1-3H3,(H3,14,15). The molecule has 17 heavy (non-hydrogen) atoms. The van der Waals surface area contributed by atoms with E-state index in [-0.39, 0.29) is 5.84 Å². The van der Waals surface area contributed by atoms with Crippen LogP contribution in [0.3, 0.4) is 0 Å². The van der Waals surface area contributed by atoms with E-state index in [4.69, 9.17) is 11.1 Å². The Hall–Kier alpha value is -0.870. The van der Waals surface area contributed by atoms with Crippen molar-refractivity contribution in [3.8, 4) is 0 Å². The molecule has 0 bridgehead atoms. The van der Waals surface area contributed by atoms with Crippen LogP contribution in [0.15, 0.2) is 17.5 Å². The zero-order valence-corrected chi connectivity index (χ0v) is 11.8. The Morgan fingerprint density at radius 3 is 2.65 bits per heavy atom. The molecule has 0 aliphatic carbocycles. The Bertz CT molecular complexity index is 332. The third-order valence-electron chi connectivity index (χ3n) is 2.98. The fraction of sp³-hybridized carbons (Fsp3) is 0.615. The summed E-state index contributed by atoms with van der Waals surface area (Å²) >= 11 is 1.79. The summed E-state index contributed by atoms with van der Waals surface area (Å²) in [7, 11) is 0. The Morgan fingerprint density at radius 1 is 1.53 bits per heavy atom. The maximum atomic E-state index is 7.47. The van der Waals surface area contributed by atoms with Crippen LogP contribution in [-0.4, -0.2) is 22.8 Å². The van der Waals surface area contributed by atoms with Gasteiger partial charge in [0, 0.05) is 29.9 Å². The molecule has 4 heteroatoms. The van der Waals surface area contributed by atoms with Crippen LogP contribution in [0, 0.1) is 5.41 Å². The summed E-state index contributed by atoms with van der Waals surface area (Å²) in [6, 6.07) is 5.10. The van der Waals surface area contributed by atoms with Gasteiger partial charge in [0.15, 0.2) is 0 Å². The van der Waals surface area contributed by atoms with E-state index in [1.54, 1.807) is 11.3 Å². The van der Waals surface area contributed by atoms with Crippen molar-refractivity contribution in [1.29, 1.82) is 5.41 Å². The van der Waals surface area contributed by atoms with Crippen molar-refractivity contribution in [2.75, 3.05) is 0 Å². The van der Waals surface area contributed by atoms with Gasteiger partial charge in [-0.25, -0.2) is 0 Å². The first-order valence-corrected chi connectivity index (χ1v) is 7.03. The lowest BCUT2D eigenvalue weighted by Gasteiger charge is -2.34. The summed E-state index contributed by atoms with van der Waals surface area (Å²) in [6.45, 7) is 7.53. The van der Waals surface area contributed by atoms with Crippen molar-refractivity contribution in [2.45, 2.75) is 52.2 Å². The second kappa shape index (κ2) is 6.77. The Kier molecular flexibility index (Phi) is 5.65. The van der Waals surface area contributed by atoms with Gasteiger partial charge in [0.2, 0.25) is 0 Å². The Labute approximate surface area is 108 Å². The summed E-state index contributed by atoms with van der Waals surface area (Å²) in [4.78, 5) is 3.81. The van der Waals surface area contributed by atoms with Gasteiger partial charge in [-0.1, -0.05) is 13.0 Å². The van der Waals surface area contributed by atoms with Gasteiger partial charge in [-0.3, -0.25) is 10.3 Å². The molecule has 0 aliphatic heterocycles. The van der Waals surface area contributed by atoms with E-state index in [1.165, 1.54) is 4.88 Å². The molecule has 0 spiro atoms. The summed E-state index contributed by atoms with van der Waals surface area (Å²) in [6.07, 6.45) is 1.70. The second-order valence-corrected chi connectivity index (χ2v) is 5.67. The van der Waals surface area contributed by atoms with Gasteiger partial charge in [-0.15, -0.1) is 11.3 Å². The van der Waals surface area contributed by atoms with Gasteiger partial charge in [-0.05, 0) is 31.7 Å². The van der Waals surface area contributed by atoms with Crippen molar-refractivity contribution in [3.63, 3.8) is 0 Å². The van der Waals surface area contributed by atoms with E-state index in [1.807, 2.05) is 0 Å². The third-order valence-corrected chi connectivity index (χ3v) is 3.84. The molecular weight excluding hydrogens is 230 g/mol. The van der Waals surface area contributed by atoms with Gasteiger partial charge in [0.25, 0.3) is 0 Å². The molecule has 1 heterocycles. The molecule has 0 fully saturated rings. The van der Waals surface area contributed by atoms with E-state index >= 15 is 0 Å². The Balaban J connectivity index is 2.72. The van der Waals surface area contributed by atoms with E-state index in [0.717, 1.165) is 13.0 Å². The summed E-state index contributed by atoms with van der Waals surface area (Å²) in [5.74, 6) is 0.286. The Morgan fingerprint density at radius 2 is 2.24 bits per heavy atom. The van der Waals surface area contributed by atoms with Crippen LogP contribution in [0.1, 0.15) is 38.5 Å². The number of thiophene rings is 1. The van der Waals surface area contributed by atoms with Gasteiger partial charge < -0.3 is 5.73 Å². The van der Waals surface area contributed by atoms with Crippen LogP contribution in [0.4, 0.5) is 0 Å². The number of nitrogens with zero attached hydrogens (tertiary/aromatic N) is 1. The lowest BCUT2D eigenvalue weighted by molar-refractivity contribution is 0.144. The number of hydrogen-bond acceptors (Lipinski definition) is 3. The van der Waals surface area contributed by atoms with Gasteiger partial charge in [0.1, 0.15) is 0 Å². The molecule has 0 aromatic carbocycles. The van der Waals surface area contributed by atoms with Crippen molar-refractivity contribution >= 4 is 17.2 Å². The zero-order chi connectivity index (χ0) is 12.8. The number of amidine groups is 1. The fourth-order valence-corrected chi connectivity index (χ4v) is 2.78. The van der Waals surface area contributed by atoms with Crippen LogP contribution >= 0.6 is 11.3 Å². The molecule has 1 rings (SSSR count). The summed E-state index contributed by atoms with van der Waals surface area (Å²) in [5.41, 5.74) is 5.54. The highest BCUT2D eigenvalue weighted by molar-refractivity contribution is 7.09. The molecule has 1 aromatic rings. The minimum absolute atomic E-state index is 0.286. The average molecular weight is 253 g/mol. The molecule has 0 saturated heterocycles. The molecule has 1 atom stereocenters. The van der Waals surface area contributed by atoms with Crippen molar-refractivity contribution in [1.82, 2.24) is 4.90 Å². The SMILES string of the molecule is CCC(CC(=N)N)N(Cc1cccs1)C(C)C. The molecular formula is C13H23N3S. The molecule has 3 nitrogen and oxygen atoms in total.